The zero-order chi connectivity index (χ0) is 13.9. The molecule has 0 aliphatic carbocycles. The first kappa shape index (κ1) is 12.8. The lowest BCUT2D eigenvalue weighted by Gasteiger charge is -1.97. The van der Waals surface area contributed by atoms with Crippen molar-refractivity contribution >= 4 is 21.4 Å². The summed E-state index contributed by atoms with van der Waals surface area (Å²) >= 11 is 1.81. The summed E-state index contributed by atoms with van der Waals surface area (Å²) in [7, 11) is 1.67. The minimum Gasteiger partial charge on any atom is -0.497 e. The second-order valence-corrected chi connectivity index (χ2v) is 5.88. The fourth-order valence-corrected chi connectivity index (χ4v) is 3.02. The van der Waals surface area contributed by atoms with E-state index in [1.165, 1.54) is 15.0 Å². The third kappa shape index (κ3) is 2.68. The standard InChI is InChI=1S/C18H14OS/c1-13-11-16-8-5-15(12-18(16)20-13)4-3-14-6-9-17(19-2)10-7-14/h5-12H,1-2H3. The molecule has 0 bridgehead atoms. The van der Waals surface area contributed by atoms with E-state index in [-0.39, 0.29) is 0 Å². The maximum Gasteiger partial charge on any atom is 0.118 e. The van der Waals surface area contributed by atoms with Gasteiger partial charge in [0.05, 0.1) is 7.11 Å². The fourth-order valence-electron chi connectivity index (χ4n) is 2.06. The molecule has 0 saturated heterocycles. The first-order valence-corrected chi connectivity index (χ1v) is 7.22. The molecule has 0 N–H and O–H groups in total. The van der Waals surface area contributed by atoms with Crippen molar-refractivity contribution in [2.75, 3.05) is 7.11 Å². The van der Waals surface area contributed by atoms with Gasteiger partial charge in [-0.25, -0.2) is 0 Å². The first-order chi connectivity index (χ1) is 9.74. The van der Waals surface area contributed by atoms with Crippen LogP contribution in [0.4, 0.5) is 0 Å². The topological polar surface area (TPSA) is 9.23 Å². The molecule has 0 radical (unpaired) electrons. The molecule has 0 unspecified atom stereocenters. The van der Waals surface area contributed by atoms with Gasteiger partial charge in [-0.15, -0.1) is 11.3 Å². The van der Waals surface area contributed by atoms with Crippen molar-refractivity contribution in [1.82, 2.24) is 0 Å². The Balaban J connectivity index is 1.90. The van der Waals surface area contributed by atoms with Crippen LogP contribution >= 0.6 is 11.3 Å². The Morgan fingerprint density at radius 3 is 2.35 bits per heavy atom. The second kappa shape index (κ2) is 5.40. The third-order valence-corrected chi connectivity index (χ3v) is 4.10. The molecule has 2 aromatic carbocycles. The SMILES string of the molecule is COc1ccc(C#Cc2ccc3cc(C)sc3c2)cc1. The highest BCUT2D eigenvalue weighted by Crippen LogP contribution is 2.25. The molecule has 0 atom stereocenters. The number of aryl methyl sites for hydroxylation is 1. The summed E-state index contributed by atoms with van der Waals surface area (Å²) in [6.07, 6.45) is 0. The van der Waals surface area contributed by atoms with E-state index in [0.29, 0.717) is 0 Å². The van der Waals surface area contributed by atoms with Gasteiger partial charge in [-0.05, 0) is 54.8 Å². The van der Waals surface area contributed by atoms with Crippen molar-refractivity contribution in [1.29, 1.82) is 0 Å². The molecule has 98 valence electrons. The monoisotopic (exact) mass is 278 g/mol. The van der Waals surface area contributed by atoms with Crippen LogP contribution in [-0.2, 0) is 0 Å². The van der Waals surface area contributed by atoms with Crippen LogP contribution in [-0.4, -0.2) is 7.11 Å². The Kier molecular flexibility index (Phi) is 3.45. The molecule has 3 rings (SSSR count). The van der Waals surface area contributed by atoms with Gasteiger partial charge in [0.1, 0.15) is 5.75 Å². The first-order valence-electron chi connectivity index (χ1n) is 6.41. The molecule has 0 aliphatic rings. The summed E-state index contributed by atoms with van der Waals surface area (Å²) in [5, 5.41) is 1.29. The Labute approximate surface area is 122 Å². The molecule has 20 heavy (non-hydrogen) atoms. The molecule has 2 heteroatoms. The Morgan fingerprint density at radius 2 is 1.60 bits per heavy atom. The summed E-state index contributed by atoms with van der Waals surface area (Å²) in [4.78, 5) is 1.33. The van der Waals surface area contributed by atoms with Crippen molar-refractivity contribution in [2.24, 2.45) is 0 Å². The zero-order valence-corrected chi connectivity index (χ0v) is 12.3. The number of hydrogen-bond acceptors (Lipinski definition) is 2. The largest absolute Gasteiger partial charge is 0.497 e. The van der Waals surface area contributed by atoms with E-state index < -0.39 is 0 Å². The molecule has 1 nitrogen and oxygen atoms in total. The fraction of sp³-hybridized carbons (Fsp3) is 0.111. The molecule has 1 heterocycles. The highest BCUT2D eigenvalue weighted by molar-refractivity contribution is 7.19. The van der Waals surface area contributed by atoms with E-state index in [9.17, 15) is 0 Å². The average molecular weight is 278 g/mol. The number of fused-ring (bicyclic) bond motifs is 1. The zero-order valence-electron chi connectivity index (χ0n) is 11.4. The van der Waals surface area contributed by atoms with Crippen molar-refractivity contribution in [3.05, 3.63) is 64.5 Å². The van der Waals surface area contributed by atoms with Crippen LogP contribution in [0.15, 0.2) is 48.5 Å². The van der Waals surface area contributed by atoms with Crippen LogP contribution in [0, 0.1) is 18.8 Å². The third-order valence-electron chi connectivity index (χ3n) is 3.08. The number of benzene rings is 2. The van der Waals surface area contributed by atoms with Gasteiger partial charge in [0.2, 0.25) is 0 Å². The van der Waals surface area contributed by atoms with Gasteiger partial charge in [-0.1, -0.05) is 17.9 Å². The molecular formula is C18H14OS. The second-order valence-electron chi connectivity index (χ2n) is 4.59. The highest BCUT2D eigenvalue weighted by atomic mass is 32.1. The highest BCUT2D eigenvalue weighted by Gasteiger charge is 1.98. The lowest BCUT2D eigenvalue weighted by molar-refractivity contribution is 0.415. The number of thiophene rings is 1. The minimum atomic E-state index is 0.853. The van der Waals surface area contributed by atoms with E-state index >= 15 is 0 Å². The number of rotatable bonds is 1. The summed E-state index contributed by atoms with van der Waals surface area (Å²) in [6.45, 7) is 2.13. The number of hydrogen-bond donors (Lipinski definition) is 0. The molecule has 3 aromatic rings. The predicted molar refractivity (Wildman–Crippen MR) is 85.5 cm³/mol. The molecule has 1 aromatic heterocycles. The number of ether oxygens (including phenoxy) is 1. The molecule has 0 amide bonds. The van der Waals surface area contributed by atoms with E-state index in [4.69, 9.17) is 4.74 Å². The maximum absolute atomic E-state index is 5.14. The van der Waals surface area contributed by atoms with Gasteiger partial charge in [-0.3, -0.25) is 0 Å². The van der Waals surface area contributed by atoms with Crippen molar-refractivity contribution < 1.29 is 4.74 Å². The van der Waals surface area contributed by atoms with E-state index in [1.807, 2.05) is 35.6 Å². The van der Waals surface area contributed by atoms with Gasteiger partial charge >= 0.3 is 0 Å². The van der Waals surface area contributed by atoms with Crippen LogP contribution in [0.1, 0.15) is 16.0 Å². The van der Waals surface area contributed by atoms with Crippen LogP contribution in [0.3, 0.4) is 0 Å². The molecule has 0 fully saturated rings. The predicted octanol–water partition coefficient (Wildman–Crippen LogP) is 4.62. The van der Waals surface area contributed by atoms with Gasteiger partial charge < -0.3 is 4.74 Å². The Morgan fingerprint density at radius 1 is 0.900 bits per heavy atom. The van der Waals surface area contributed by atoms with Gasteiger partial charge in [0.25, 0.3) is 0 Å². The molecule has 0 aliphatic heterocycles. The smallest absolute Gasteiger partial charge is 0.118 e. The lowest BCUT2D eigenvalue weighted by atomic mass is 10.1. The summed E-state index contributed by atoms with van der Waals surface area (Å²) in [5.74, 6) is 7.25. The van der Waals surface area contributed by atoms with Crippen molar-refractivity contribution in [2.45, 2.75) is 6.92 Å². The van der Waals surface area contributed by atoms with Crippen molar-refractivity contribution in [3.63, 3.8) is 0 Å². The van der Waals surface area contributed by atoms with E-state index in [0.717, 1.165) is 16.9 Å². The van der Waals surface area contributed by atoms with Gasteiger partial charge in [0, 0.05) is 20.7 Å². The minimum absolute atomic E-state index is 0.853. The lowest BCUT2D eigenvalue weighted by Crippen LogP contribution is -1.82. The molecular weight excluding hydrogens is 264 g/mol. The van der Waals surface area contributed by atoms with E-state index in [1.54, 1.807) is 7.11 Å². The summed E-state index contributed by atoms with van der Waals surface area (Å²) < 4.78 is 6.43. The van der Waals surface area contributed by atoms with Crippen LogP contribution < -0.4 is 4.74 Å². The van der Waals surface area contributed by atoms with Gasteiger partial charge in [-0.2, -0.15) is 0 Å². The average Bonchev–Trinajstić information content (AvgIpc) is 2.85. The van der Waals surface area contributed by atoms with E-state index in [2.05, 4.69) is 43.0 Å². The van der Waals surface area contributed by atoms with Gasteiger partial charge in [0.15, 0.2) is 0 Å². The summed E-state index contributed by atoms with van der Waals surface area (Å²) in [6, 6.07) is 16.4. The molecule has 0 spiro atoms. The number of methoxy groups -OCH3 is 1. The normalized spacial score (nSPS) is 10.1. The van der Waals surface area contributed by atoms with Crippen LogP contribution in [0.2, 0.25) is 0 Å². The quantitative estimate of drug-likeness (QED) is 0.590. The Bertz CT molecular complexity index is 801. The maximum atomic E-state index is 5.14. The summed E-state index contributed by atoms with van der Waals surface area (Å²) in [5.41, 5.74) is 2.04. The van der Waals surface area contributed by atoms with Crippen LogP contribution in [0.25, 0.3) is 10.1 Å². The molecule has 0 saturated carbocycles. The Hall–Kier alpha value is -2.24. The van der Waals surface area contributed by atoms with Crippen LogP contribution in [0.5, 0.6) is 5.75 Å². The van der Waals surface area contributed by atoms with Crippen molar-refractivity contribution in [3.8, 4) is 17.6 Å².